The van der Waals surface area contributed by atoms with E-state index in [1.807, 2.05) is 24.3 Å². The summed E-state index contributed by atoms with van der Waals surface area (Å²) in [5, 5.41) is 18.9. The summed E-state index contributed by atoms with van der Waals surface area (Å²) in [7, 11) is 0. The molecular formula is C11H10BrNO. The normalized spacial score (nSPS) is 19.8. The van der Waals surface area contributed by atoms with Crippen molar-refractivity contribution in [1.29, 1.82) is 5.26 Å². The summed E-state index contributed by atoms with van der Waals surface area (Å²) >= 11 is 3.33. The molecule has 14 heavy (non-hydrogen) atoms. The third kappa shape index (κ3) is 1.56. The Morgan fingerprint density at radius 3 is 2.36 bits per heavy atom. The highest BCUT2D eigenvalue weighted by atomic mass is 79.9. The van der Waals surface area contributed by atoms with Gasteiger partial charge in [-0.1, -0.05) is 28.1 Å². The number of aliphatic hydroxyl groups is 1. The van der Waals surface area contributed by atoms with Gasteiger partial charge < -0.3 is 5.11 Å². The van der Waals surface area contributed by atoms with E-state index < -0.39 is 11.5 Å². The molecule has 1 aromatic carbocycles. The fourth-order valence-corrected chi connectivity index (χ4v) is 1.81. The van der Waals surface area contributed by atoms with Gasteiger partial charge in [0.25, 0.3) is 0 Å². The van der Waals surface area contributed by atoms with Gasteiger partial charge in [0, 0.05) is 4.47 Å². The van der Waals surface area contributed by atoms with E-state index in [0.29, 0.717) is 0 Å². The summed E-state index contributed by atoms with van der Waals surface area (Å²) < 4.78 is 0.982. The van der Waals surface area contributed by atoms with Gasteiger partial charge >= 0.3 is 0 Å². The van der Waals surface area contributed by atoms with Crippen molar-refractivity contribution >= 4 is 15.9 Å². The maximum absolute atomic E-state index is 9.96. The van der Waals surface area contributed by atoms with E-state index in [0.717, 1.165) is 22.9 Å². The van der Waals surface area contributed by atoms with Crippen molar-refractivity contribution in [2.45, 2.75) is 18.9 Å². The second-order valence-electron chi connectivity index (χ2n) is 3.72. The highest BCUT2D eigenvalue weighted by Crippen LogP contribution is 2.54. The van der Waals surface area contributed by atoms with Crippen LogP contribution in [0.15, 0.2) is 28.7 Å². The molecule has 1 aliphatic rings. The standard InChI is InChI=1S/C11H10BrNO/c12-9-3-1-8(2-4-9)10(14)11(7-13)5-6-11/h1-4,10,14H,5-6H2. The SMILES string of the molecule is N#CC1(C(O)c2ccc(Br)cc2)CC1. The van der Waals surface area contributed by atoms with Gasteiger partial charge in [-0.05, 0) is 30.5 Å². The maximum atomic E-state index is 9.96. The number of nitriles is 1. The topological polar surface area (TPSA) is 44.0 Å². The minimum atomic E-state index is -0.638. The molecule has 0 spiro atoms. The molecule has 72 valence electrons. The van der Waals surface area contributed by atoms with Gasteiger partial charge in [-0.25, -0.2) is 0 Å². The van der Waals surface area contributed by atoms with Gasteiger partial charge in [0.1, 0.15) is 0 Å². The van der Waals surface area contributed by atoms with Gasteiger partial charge in [-0.15, -0.1) is 0 Å². The minimum Gasteiger partial charge on any atom is -0.387 e. The molecule has 0 aromatic heterocycles. The molecule has 1 saturated carbocycles. The first kappa shape index (κ1) is 9.70. The van der Waals surface area contributed by atoms with Gasteiger partial charge in [0.05, 0.1) is 17.6 Å². The highest BCUT2D eigenvalue weighted by Gasteiger charge is 2.50. The molecule has 1 aromatic rings. The van der Waals surface area contributed by atoms with Gasteiger partial charge in [-0.2, -0.15) is 5.26 Å². The van der Waals surface area contributed by atoms with Crippen molar-refractivity contribution in [3.05, 3.63) is 34.3 Å². The predicted octanol–water partition coefficient (Wildman–Crippen LogP) is 2.79. The Kier molecular flexibility index (Phi) is 2.34. The summed E-state index contributed by atoms with van der Waals surface area (Å²) in [4.78, 5) is 0. The van der Waals surface area contributed by atoms with Crippen LogP contribution in [0.4, 0.5) is 0 Å². The molecule has 3 heteroatoms. The average molecular weight is 252 g/mol. The summed E-state index contributed by atoms with van der Waals surface area (Å²) in [6.07, 6.45) is 0.974. The molecule has 0 bridgehead atoms. The van der Waals surface area contributed by atoms with Crippen LogP contribution in [-0.4, -0.2) is 5.11 Å². The molecule has 0 saturated heterocycles. The van der Waals surface area contributed by atoms with E-state index in [9.17, 15) is 5.11 Å². The molecule has 0 aliphatic heterocycles. The zero-order chi connectivity index (χ0) is 10.2. The lowest BCUT2D eigenvalue weighted by atomic mass is 9.94. The number of nitrogens with zero attached hydrogens (tertiary/aromatic N) is 1. The number of hydrogen-bond acceptors (Lipinski definition) is 2. The van der Waals surface area contributed by atoms with Crippen LogP contribution in [-0.2, 0) is 0 Å². The molecule has 1 aliphatic carbocycles. The Bertz CT molecular complexity index is 375. The van der Waals surface area contributed by atoms with E-state index in [-0.39, 0.29) is 0 Å². The first-order chi connectivity index (χ1) is 6.68. The van der Waals surface area contributed by atoms with Crippen LogP contribution in [0.3, 0.4) is 0 Å². The third-order valence-corrected chi connectivity index (χ3v) is 3.25. The zero-order valence-corrected chi connectivity index (χ0v) is 9.16. The summed E-state index contributed by atoms with van der Waals surface area (Å²) in [5.74, 6) is 0. The highest BCUT2D eigenvalue weighted by molar-refractivity contribution is 9.10. The summed E-state index contributed by atoms with van der Waals surface area (Å²) in [6, 6.07) is 9.67. The molecule has 0 radical (unpaired) electrons. The Morgan fingerprint density at radius 2 is 1.93 bits per heavy atom. The zero-order valence-electron chi connectivity index (χ0n) is 7.57. The Hall–Kier alpha value is -0.850. The molecule has 1 fully saturated rings. The number of aliphatic hydroxyl groups excluding tert-OH is 1. The van der Waals surface area contributed by atoms with Gasteiger partial charge in [-0.3, -0.25) is 0 Å². The Labute approximate surface area is 91.3 Å². The fourth-order valence-electron chi connectivity index (χ4n) is 1.55. The van der Waals surface area contributed by atoms with Crippen molar-refractivity contribution in [3.8, 4) is 6.07 Å². The molecular weight excluding hydrogens is 242 g/mol. The van der Waals surface area contributed by atoms with Gasteiger partial charge in [0.2, 0.25) is 0 Å². The van der Waals surface area contributed by atoms with Crippen molar-refractivity contribution < 1.29 is 5.11 Å². The first-order valence-corrected chi connectivity index (χ1v) is 5.32. The largest absolute Gasteiger partial charge is 0.387 e. The lowest BCUT2D eigenvalue weighted by molar-refractivity contribution is 0.123. The lowest BCUT2D eigenvalue weighted by Crippen LogP contribution is -2.11. The molecule has 1 N–H and O–H groups in total. The smallest absolute Gasteiger partial charge is 0.0976 e. The van der Waals surface area contributed by atoms with Crippen LogP contribution in [0.25, 0.3) is 0 Å². The van der Waals surface area contributed by atoms with E-state index in [4.69, 9.17) is 5.26 Å². The predicted molar refractivity (Wildman–Crippen MR) is 56.4 cm³/mol. The van der Waals surface area contributed by atoms with E-state index >= 15 is 0 Å². The Balaban J connectivity index is 2.24. The number of benzene rings is 1. The Morgan fingerprint density at radius 1 is 1.36 bits per heavy atom. The average Bonchev–Trinajstić information content (AvgIpc) is 2.99. The maximum Gasteiger partial charge on any atom is 0.0976 e. The summed E-state index contributed by atoms with van der Waals surface area (Å²) in [5.41, 5.74) is 0.320. The second kappa shape index (κ2) is 3.38. The molecule has 1 atom stereocenters. The molecule has 2 rings (SSSR count). The van der Waals surface area contributed by atoms with Crippen molar-refractivity contribution in [3.63, 3.8) is 0 Å². The van der Waals surface area contributed by atoms with Crippen LogP contribution in [0.2, 0.25) is 0 Å². The quantitative estimate of drug-likeness (QED) is 0.879. The van der Waals surface area contributed by atoms with Crippen LogP contribution >= 0.6 is 15.9 Å². The number of halogens is 1. The molecule has 0 amide bonds. The van der Waals surface area contributed by atoms with Crippen molar-refractivity contribution in [2.24, 2.45) is 5.41 Å². The minimum absolute atomic E-state index is 0.506. The van der Waals surface area contributed by atoms with Crippen LogP contribution in [0.5, 0.6) is 0 Å². The number of rotatable bonds is 2. The van der Waals surface area contributed by atoms with E-state index in [1.165, 1.54) is 0 Å². The van der Waals surface area contributed by atoms with Crippen LogP contribution < -0.4 is 0 Å². The van der Waals surface area contributed by atoms with E-state index in [1.54, 1.807) is 0 Å². The van der Waals surface area contributed by atoms with Crippen molar-refractivity contribution in [1.82, 2.24) is 0 Å². The van der Waals surface area contributed by atoms with Crippen LogP contribution in [0, 0.1) is 16.7 Å². The number of hydrogen-bond donors (Lipinski definition) is 1. The molecule has 2 nitrogen and oxygen atoms in total. The van der Waals surface area contributed by atoms with E-state index in [2.05, 4.69) is 22.0 Å². The fraction of sp³-hybridized carbons (Fsp3) is 0.364. The van der Waals surface area contributed by atoms with Crippen molar-refractivity contribution in [2.75, 3.05) is 0 Å². The van der Waals surface area contributed by atoms with Gasteiger partial charge in [0.15, 0.2) is 0 Å². The molecule has 1 unspecified atom stereocenters. The third-order valence-electron chi connectivity index (χ3n) is 2.72. The first-order valence-electron chi connectivity index (χ1n) is 4.53. The lowest BCUT2D eigenvalue weighted by Gasteiger charge is -2.15. The van der Waals surface area contributed by atoms with Crippen LogP contribution in [0.1, 0.15) is 24.5 Å². The molecule has 0 heterocycles. The second-order valence-corrected chi connectivity index (χ2v) is 4.64. The summed E-state index contributed by atoms with van der Waals surface area (Å²) in [6.45, 7) is 0. The monoisotopic (exact) mass is 251 g/mol.